The Morgan fingerprint density at radius 1 is 1.08 bits per heavy atom. The minimum Gasteiger partial charge on any atom is -0.478 e. The van der Waals surface area contributed by atoms with Crippen LogP contribution in [0.3, 0.4) is 0 Å². The number of ether oxygens (including phenoxy) is 1. The summed E-state index contributed by atoms with van der Waals surface area (Å²) in [5.74, 6) is -0.579. The van der Waals surface area contributed by atoms with Gasteiger partial charge in [0.2, 0.25) is 0 Å². The Hall–Kier alpha value is -2.53. The molecular weight excluding hydrogens is 348 g/mol. The normalized spacial score (nSPS) is 11.6. The van der Waals surface area contributed by atoms with Gasteiger partial charge in [-0.2, -0.15) is 0 Å². The zero-order valence-corrected chi connectivity index (χ0v) is 16.1. The molecule has 26 heavy (non-hydrogen) atoms. The lowest BCUT2D eigenvalue weighted by molar-refractivity contribution is -0.152. The quantitative estimate of drug-likeness (QED) is 0.438. The van der Waals surface area contributed by atoms with Gasteiger partial charge in [0, 0.05) is 10.5 Å². The van der Waals surface area contributed by atoms with Crippen molar-refractivity contribution in [3.8, 4) is 5.75 Å². The summed E-state index contributed by atoms with van der Waals surface area (Å²) in [7, 11) is 0. The Kier molecular flexibility index (Phi) is 5.93. The van der Waals surface area contributed by atoms with Crippen LogP contribution in [0.25, 0.3) is 6.08 Å². The van der Waals surface area contributed by atoms with E-state index in [9.17, 15) is 14.7 Å². The molecule has 0 bridgehead atoms. The maximum absolute atomic E-state index is 12.2. The first kappa shape index (κ1) is 19.8. The second kappa shape index (κ2) is 7.79. The summed E-state index contributed by atoms with van der Waals surface area (Å²) < 4.78 is 5.69. The lowest BCUT2D eigenvalue weighted by Crippen LogP contribution is -2.38. The van der Waals surface area contributed by atoms with Crippen molar-refractivity contribution < 1.29 is 19.4 Å². The first-order valence-electron chi connectivity index (χ1n) is 8.15. The molecule has 0 aromatic heterocycles. The summed E-state index contributed by atoms with van der Waals surface area (Å²) in [6, 6.07) is 10.7. The molecule has 2 rings (SSSR count). The highest BCUT2D eigenvalue weighted by Gasteiger charge is 2.30. The van der Waals surface area contributed by atoms with Gasteiger partial charge < -0.3 is 9.84 Å². The van der Waals surface area contributed by atoms with Gasteiger partial charge in [-0.15, -0.1) is 12.6 Å². The van der Waals surface area contributed by atoms with Crippen molar-refractivity contribution in [3.63, 3.8) is 0 Å². The van der Waals surface area contributed by atoms with Crippen molar-refractivity contribution in [2.75, 3.05) is 0 Å². The van der Waals surface area contributed by atoms with Crippen LogP contribution in [0.2, 0.25) is 0 Å². The van der Waals surface area contributed by atoms with Gasteiger partial charge in [-0.05, 0) is 86.9 Å². The third kappa shape index (κ3) is 4.76. The van der Waals surface area contributed by atoms with Crippen LogP contribution >= 0.6 is 12.6 Å². The molecule has 0 atom stereocenters. The third-order valence-corrected chi connectivity index (χ3v) is 4.23. The van der Waals surface area contributed by atoms with Crippen LogP contribution in [0.4, 0.5) is 0 Å². The molecule has 4 nitrogen and oxygen atoms in total. The average Bonchev–Trinajstić information content (AvgIpc) is 2.56. The fourth-order valence-corrected chi connectivity index (χ4v) is 2.58. The Bertz CT molecular complexity index is 841. The van der Waals surface area contributed by atoms with Gasteiger partial charge in [0.1, 0.15) is 5.75 Å². The summed E-state index contributed by atoms with van der Waals surface area (Å²) in [6.45, 7) is 6.73. The van der Waals surface area contributed by atoms with E-state index in [1.165, 1.54) is 19.9 Å². The average molecular weight is 370 g/mol. The topological polar surface area (TPSA) is 63.6 Å². The number of hydrogen-bond donors (Lipinski definition) is 2. The van der Waals surface area contributed by atoms with Crippen LogP contribution in [0, 0.1) is 13.8 Å². The van der Waals surface area contributed by atoms with Crippen molar-refractivity contribution in [2.45, 2.75) is 38.2 Å². The van der Waals surface area contributed by atoms with Gasteiger partial charge in [-0.3, -0.25) is 4.79 Å². The molecule has 0 saturated carbocycles. The summed E-state index contributed by atoms with van der Waals surface area (Å²) in [5.41, 5.74) is 1.74. The molecule has 0 fully saturated rings. The van der Waals surface area contributed by atoms with E-state index >= 15 is 0 Å². The number of carboxylic acids is 1. The van der Waals surface area contributed by atoms with Crippen LogP contribution in [0.1, 0.15) is 40.9 Å². The van der Waals surface area contributed by atoms with Crippen molar-refractivity contribution in [2.24, 2.45) is 0 Å². The standard InChI is InChI=1S/C21H22O4S/c1-13-11-15(5-10-18(22)16-6-8-17(26)9-7-16)12-14(2)19(13)25-21(3,4)20(23)24/h5-12,26H,1-4H3,(H,23,24)/b10-5+. The van der Waals surface area contributed by atoms with E-state index < -0.39 is 11.6 Å². The first-order chi connectivity index (χ1) is 12.1. The minimum absolute atomic E-state index is 0.0963. The Morgan fingerprint density at radius 2 is 1.62 bits per heavy atom. The molecule has 0 aliphatic carbocycles. The molecule has 2 aromatic rings. The predicted molar refractivity (Wildman–Crippen MR) is 105 cm³/mol. The molecule has 1 N–H and O–H groups in total. The van der Waals surface area contributed by atoms with E-state index in [4.69, 9.17) is 4.74 Å². The molecule has 0 saturated heterocycles. The molecule has 136 valence electrons. The van der Waals surface area contributed by atoms with Crippen LogP contribution < -0.4 is 4.74 Å². The number of carbonyl (C=O) groups excluding carboxylic acids is 1. The van der Waals surface area contributed by atoms with Crippen LogP contribution in [-0.2, 0) is 4.79 Å². The van der Waals surface area contributed by atoms with Crippen LogP contribution in [0.5, 0.6) is 5.75 Å². The number of carbonyl (C=O) groups is 2. The largest absolute Gasteiger partial charge is 0.478 e. The van der Waals surface area contributed by atoms with E-state index in [1.807, 2.05) is 26.0 Å². The summed E-state index contributed by atoms with van der Waals surface area (Å²) in [5, 5.41) is 9.23. The SMILES string of the molecule is Cc1cc(/C=C/C(=O)c2ccc(S)cc2)cc(C)c1OC(C)(C)C(=O)O. The van der Waals surface area contributed by atoms with Crippen molar-refractivity contribution in [3.05, 3.63) is 64.7 Å². The third-order valence-electron chi connectivity index (χ3n) is 3.93. The number of benzene rings is 2. The highest BCUT2D eigenvalue weighted by molar-refractivity contribution is 7.80. The number of rotatable bonds is 6. The molecule has 0 unspecified atom stereocenters. The van der Waals surface area contributed by atoms with Gasteiger partial charge in [0.15, 0.2) is 11.4 Å². The van der Waals surface area contributed by atoms with E-state index in [0.717, 1.165) is 21.6 Å². The van der Waals surface area contributed by atoms with E-state index in [2.05, 4.69) is 12.6 Å². The Balaban J connectivity index is 2.23. The zero-order chi connectivity index (χ0) is 19.5. The lowest BCUT2D eigenvalue weighted by Gasteiger charge is -2.24. The van der Waals surface area contributed by atoms with E-state index in [-0.39, 0.29) is 5.78 Å². The Morgan fingerprint density at radius 3 is 2.12 bits per heavy atom. The molecule has 0 spiro atoms. The lowest BCUT2D eigenvalue weighted by atomic mass is 10.0. The zero-order valence-electron chi connectivity index (χ0n) is 15.2. The molecule has 2 aromatic carbocycles. The molecular formula is C21H22O4S. The number of aliphatic carboxylic acids is 1. The summed E-state index contributed by atoms with van der Waals surface area (Å²) in [4.78, 5) is 24.3. The highest BCUT2D eigenvalue weighted by atomic mass is 32.1. The van der Waals surface area contributed by atoms with Gasteiger partial charge in [0.05, 0.1) is 0 Å². The maximum atomic E-state index is 12.2. The van der Waals surface area contributed by atoms with Gasteiger partial charge >= 0.3 is 5.97 Å². The number of thiol groups is 1. The van der Waals surface area contributed by atoms with Crippen LogP contribution in [0.15, 0.2) is 47.4 Å². The van der Waals surface area contributed by atoms with Gasteiger partial charge in [0.25, 0.3) is 0 Å². The fourth-order valence-electron chi connectivity index (χ4n) is 2.43. The number of aryl methyl sites for hydroxylation is 2. The van der Waals surface area contributed by atoms with Crippen molar-refractivity contribution in [1.29, 1.82) is 0 Å². The smallest absolute Gasteiger partial charge is 0.347 e. The predicted octanol–water partition coefficient (Wildman–Crippen LogP) is 4.73. The van der Waals surface area contributed by atoms with E-state index in [1.54, 1.807) is 30.3 Å². The molecule has 0 aliphatic heterocycles. The van der Waals surface area contributed by atoms with Gasteiger partial charge in [-0.25, -0.2) is 4.79 Å². The molecule has 0 aliphatic rings. The molecule has 5 heteroatoms. The number of ketones is 1. The van der Waals surface area contributed by atoms with Crippen molar-refractivity contribution in [1.82, 2.24) is 0 Å². The Labute approximate surface area is 158 Å². The number of hydrogen-bond acceptors (Lipinski definition) is 4. The molecule has 0 heterocycles. The maximum Gasteiger partial charge on any atom is 0.347 e. The second-order valence-corrected chi connectivity index (χ2v) is 7.16. The second-order valence-electron chi connectivity index (χ2n) is 6.65. The van der Waals surface area contributed by atoms with Gasteiger partial charge in [-0.1, -0.05) is 6.08 Å². The first-order valence-corrected chi connectivity index (χ1v) is 8.60. The van der Waals surface area contributed by atoms with Crippen LogP contribution in [-0.4, -0.2) is 22.5 Å². The summed E-state index contributed by atoms with van der Waals surface area (Å²) >= 11 is 4.21. The van der Waals surface area contributed by atoms with Crippen molar-refractivity contribution >= 4 is 30.5 Å². The highest BCUT2D eigenvalue weighted by Crippen LogP contribution is 2.29. The minimum atomic E-state index is -1.32. The molecule has 0 radical (unpaired) electrons. The number of carboxylic acid groups (broad SMARTS) is 1. The monoisotopic (exact) mass is 370 g/mol. The number of allylic oxidation sites excluding steroid dienone is 1. The summed E-state index contributed by atoms with van der Waals surface area (Å²) in [6.07, 6.45) is 3.26. The molecule has 0 amide bonds. The van der Waals surface area contributed by atoms with E-state index in [0.29, 0.717) is 11.3 Å². The fraction of sp³-hybridized carbons (Fsp3) is 0.238.